The van der Waals surface area contributed by atoms with Crippen molar-refractivity contribution in [3.63, 3.8) is 0 Å². The van der Waals surface area contributed by atoms with E-state index in [0.29, 0.717) is 6.04 Å². The van der Waals surface area contributed by atoms with Gasteiger partial charge in [0, 0.05) is 12.1 Å². The summed E-state index contributed by atoms with van der Waals surface area (Å²) in [5, 5.41) is 13.7. The predicted octanol–water partition coefficient (Wildman–Crippen LogP) is 3.17. The third-order valence-electron chi connectivity index (χ3n) is 3.79. The van der Waals surface area contributed by atoms with Gasteiger partial charge in [0.05, 0.1) is 6.10 Å². The summed E-state index contributed by atoms with van der Waals surface area (Å²) in [6.45, 7) is 1.99. The van der Waals surface area contributed by atoms with Gasteiger partial charge < -0.3 is 10.4 Å². The fourth-order valence-corrected chi connectivity index (χ4v) is 2.68. The maximum absolute atomic E-state index is 12.8. The highest BCUT2D eigenvalue weighted by molar-refractivity contribution is 5.19. The topological polar surface area (TPSA) is 32.3 Å². The molecule has 0 radical (unpaired) electrons. The maximum Gasteiger partial charge on any atom is 0.123 e. The fourth-order valence-electron chi connectivity index (χ4n) is 2.68. The standard InChI is InChI=1S/C15H22FNO/c1-11(17-14-5-3-2-4-6-14)15(18)12-7-9-13(16)10-8-12/h7-11,14-15,17-18H,2-6H2,1H3. The Labute approximate surface area is 108 Å². The molecule has 0 saturated heterocycles. The molecule has 0 spiro atoms. The zero-order chi connectivity index (χ0) is 13.0. The molecule has 2 unspecified atom stereocenters. The van der Waals surface area contributed by atoms with Crippen LogP contribution >= 0.6 is 0 Å². The molecule has 0 aliphatic heterocycles. The molecule has 2 atom stereocenters. The van der Waals surface area contributed by atoms with E-state index in [9.17, 15) is 9.50 Å². The fraction of sp³-hybridized carbons (Fsp3) is 0.600. The summed E-state index contributed by atoms with van der Waals surface area (Å²) >= 11 is 0. The Morgan fingerprint density at radius 1 is 1.17 bits per heavy atom. The lowest BCUT2D eigenvalue weighted by molar-refractivity contribution is 0.125. The van der Waals surface area contributed by atoms with Crippen molar-refractivity contribution >= 4 is 0 Å². The van der Waals surface area contributed by atoms with E-state index in [4.69, 9.17) is 0 Å². The summed E-state index contributed by atoms with van der Waals surface area (Å²) in [4.78, 5) is 0. The van der Waals surface area contributed by atoms with Crippen LogP contribution < -0.4 is 5.32 Å². The Hall–Kier alpha value is -0.930. The molecule has 1 fully saturated rings. The van der Waals surface area contributed by atoms with Crippen molar-refractivity contribution in [3.05, 3.63) is 35.6 Å². The quantitative estimate of drug-likeness (QED) is 0.861. The van der Waals surface area contributed by atoms with Crippen LogP contribution in [0.3, 0.4) is 0 Å². The molecule has 2 rings (SSSR count). The van der Waals surface area contributed by atoms with Crippen molar-refractivity contribution in [2.45, 2.75) is 57.2 Å². The molecule has 0 aromatic heterocycles. The van der Waals surface area contributed by atoms with Crippen LogP contribution in [0.25, 0.3) is 0 Å². The van der Waals surface area contributed by atoms with Gasteiger partial charge in [0.2, 0.25) is 0 Å². The highest BCUT2D eigenvalue weighted by Gasteiger charge is 2.21. The lowest BCUT2D eigenvalue weighted by Gasteiger charge is -2.29. The van der Waals surface area contributed by atoms with Gasteiger partial charge in [0.25, 0.3) is 0 Å². The van der Waals surface area contributed by atoms with Gasteiger partial charge in [-0.15, -0.1) is 0 Å². The first kappa shape index (κ1) is 13.5. The van der Waals surface area contributed by atoms with E-state index >= 15 is 0 Å². The van der Waals surface area contributed by atoms with Gasteiger partial charge in [-0.2, -0.15) is 0 Å². The summed E-state index contributed by atoms with van der Waals surface area (Å²) < 4.78 is 12.8. The Morgan fingerprint density at radius 2 is 1.78 bits per heavy atom. The van der Waals surface area contributed by atoms with Gasteiger partial charge in [-0.1, -0.05) is 31.4 Å². The van der Waals surface area contributed by atoms with Crippen molar-refractivity contribution < 1.29 is 9.50 Å². The van der Waals surface area contributed by atoms with E-state index in [1.165, 1.54) is 44.2 Å². The molecule has 1 aromatic rings. The average molecular weight is 251 g/mol. The molecule has 2 nitrogen and oxygen atoms in total. The molecular formula is C15H22FNO. The summed E-state index contributed by atoms with van der Waals surface area (Å²) in [6.07, 6.45) is 5.69. The van der Waals surface area contributed by atoms with Crippen molar-refractivity contribution in [1.82, 2.24) is 5.32 Å². The number of hydrogen-bond donors (Lipinski definition) is 2. The molecule has 1 aromatic carbocycles. The lowest BCUT2D eigenvalue weighted by atomic mass is 9.94. The van der Waals surface area contributed by atoms with Crippen molar-refractivity contribution in [2.75, 3.05) is 0 Å². The highest BCUT2D eigenvalue weighted by Crippen LogP contribution is 2.22. The number of benzene rings is 1. The second kappa shape index (κ2) is 6.30. The molecule has 0 amide bonds. The molecular weight excluding hydrogens is 229 g/mol. The van der Waals surface area contributed by atoms with E-state index in [0.717, 1.165) is 5.56 Å². The zero-order valence-corrected chi connectivity index (χ0v) is 10.9. The first-order valence-corrected chi connectivity index (χ1v) is 6.86. The molecule has 0 bridgehead atoms. The number of aliphatic hydroxyl groups is 1. The van der Waals surface area contributed by atoms with Crippen LogP contribution in [0.2, 0.25) is 0 Å². The minimum Gasteiger partial charge on any atom is -0.387 e. The monoisotopic (exact) mass is 251 g/mol. The number of aliphatic hydroxyl groups excluding tert-OH is 1. The third-order valence-corrected chi connectivity index (χ3v) is 3.79. The van der Waals surface area contributed by atoms with Crippen molar-refractivity contribution in [3.8, 4) is 0 Å². The van der Waals surface area contributed by atoms with Gasteiger partial charge in [-0.25, -0.2) is 4.39 Å². The Morgan fingerprint density at radius 3 is 2.39 bits per heavy atom. The predicted molar refractivity (Wildman–Crippen MR) is 70.8 cm³/mol. The first-order chi connectivity index (χ1) is 8.66. The van der Waals surface area contributed by atoms with E-state index in [1.807, 2.05) is 6.92 Å². The largest absolute Gasteiger partial charge is 0.387 e. The van der Waals surface area contributed by atoms with Gasteiger partial charge in [0.1, 0.15) is 5.82 Å². The van der Waals surface area contributed by atoms with Crippen LogP contribution in [0.15, 0.2) is 24.3 Å². The average Bonchev–Trinajstić information content (AvgIpc) is 2.40. The number of halogens is 1. The molecule has 1 aliphatic rings. The minimum absolute atomic E-state index is 0.00133. The minimum atomic E-state index is -0.576. The molecule has 3 heteroatoms. The highest BCUT2D eigenvalue weighted by atomic mass is 19.1. The van der Waals surface area contributed by atoms with Crippen LogP contribution in [0.5, 0.6) is 0 Å². The number of nitrogens with one attached hydrogen (secondary N) is 1. The maximum atomic E-state index is 12.8. The van der Waals surface area contributed by atoms with Gasteiger partial charge in [-0.05, 0) is 37.5 Å². The Kier molecular flexibility index (Phi) is 4.72. The second-order valence-electron chi connectivity index (χ2n) is 5.29. The number of rotatable bonds is 4. The van der Waals surface area contributed by atoms with Crippen LogP contribution in [0, 0.1) is 5.82 Å². The van der Waals surface area contributed by atoms with Gasteiger partial charge in [-0.3, -0.25) is 0 Å². The normalized spacial score (nSPS) is 20.6. The molecule has 18 heavy (non-hydrogen) atoms. The zero-order valence-electron chi connectivity index (χ0n) is 10.9. The third kappa shape index (κ3) is 3.53. The molecule has 100 valence electrons. The van der Waals surface area contributed by atoms with Gasteiger partial charge in [0.15, 0.2) is 0 Å². The molecule has 1 aliphatic carbocycles. The van der Waals surface area contributed by atoms with Crippen LogP contribution in [0.1, 0.15) is 50.7 Å². The molecule has 1 saturated carbocycles. The summed E-state index contributed by atoms with van der Waals surface area (Å²) in [6, 6.07) is 6.61. The van der Waals surface area contributed by atoms with E-state index in [-0.39, 0.29) is 11.9 Å². The molecule has 0 heterocycles. The van der Waals surface area contributed by atoms with Crippen LogP contribution in [-0.4, -0.2) is 17.2 Å². The first-order valence-electron chi connectivity index (χ1n) is 6.86. The summed E-state index contributed by atoms with van der Waals surface area (Å²) in [5.41, 5.74) is 0.771. The van der Waals surface area contributed by atoms with Crippen LogP contribution in [-0.2, 0) is 0 Å². The Balaban J connectivity index is 1.91. The lowest BCUT2D eigenvalue weighted by Crippen LogP contribution is -2.41. The number of hydrogen-bond acceptors (Lipinski definition) is 2. The molecule has 2 N–H and O–H groups in total. The van der Waals surface area contributed by atoms with Gasteiger partial charge >= 0.3 is 0 Å². The summed E-state index contributed by atoms with van der Waals surface area (Å²) in [7, 11) is 0. The smallest absolute Gasteiger partial charge is 0.123 e. The van der Waals surface area contributed by atoms with E-state index in [2.05, 4.69) is 5.32 Å². The summed E-state index contributed by atoms with van der Waals surface area (Å²) in [5.74, 6) is -0.265. The van der Waals surface area contributed by atoms with Crippen LogP contribution in [0.4, 0.5) is 4.39 Å². The van der Waals surface area contributed by atoms with Crippen molar-refractivity contribution in [2.24, 2.45) is 0 Å². The van der Waals surface area contributed by atoms with E-state index < -0.39 is 6.10 Å². The second-order valence-corrected chi connectivity index (χ2v) is 5.29. The Bertz CT molecular complexity index is 359. The SMILES string of the molecule is CC(NC1CCCCC1)C(O)c1ccc(F)cc1. The van der Waals surface area contributed by atoms with Crippen molar-refractivity contribution in [1.29, 1.82) is 0 Å². The van der Waals surface area contributed by atoms with E-state index in [1.54, 1.807) is 12.1 Å².